The maximum Gasteiger partial charge on any atom is 0.0295 e. The third-order valence-corrected chi connectivity index (χ3v) is 3.67. The molecule has 0 aromatic heterocycles. The van der Waals surface area contributed by atoms with Crippen molar-refractivity contribution in [3.05, 3.63) is 0 Å². The summed E-state index contributed by atoms with van der Waals surface area (Å²) in [5.74, 6) is 7.71. The van der Waals surface area contributed by atoms with E-state index in [0.29, 0.717) is 12.1 Å². The maximum absolute atomic E-state index is 6.10. The number of hydrogen-bond donors (Lipinski definition) is 1. The highest BCUT2D eigenvalue weighted by molar-refractivity contribution is 4.94. The van der Waals surface area contributed by atoms with Crippen LogP contribution in [-0.2, 0) is 0 Å². The molecule has 0 aromatic rings. The first-order chi connectivity index (χ1) is 5.70. The molecule has 1 aliphatic carbocycles. The Hall–Kier alpha value is -0.0800. The Labute approximate surface area is 75.1 Å². The molecule has 2 saturated heterocycles. The summed E-state index contributed by atoms with van der Waals surface area (Å²) in [6.07, 6.45) is 5.51. The molecule has 0 radical (unpaired) electrons. The van der Waals surface area contributed by atoms with Gasteiger partial charge in [-0.25, -0.2) is 5.01 Å². The van der Waals surface area contributed by atoms with E-state index >= 15 is 0 Å². The van der Waals surface area contributed by atoms with Gasteiger partial charge in [-0.05, 0) is 37.5 Å². The minimum atomic E-state index is 0.664. The van der Waals surface area contributed by atoms with Crippen LogP contribution in [0.1, 0.15) is 39.5 Å². The fraction of sp³-hybridized carbons (Fsp3) is 1.00. The molecule has 0 spiro atoms. The van der Waals surface area contributed by atoms with Crippen LogP contribution in [-0.4, -0.2) is 17.1 Å². The Morgan fingerprint density at radius 3 is 2.08 bits per heavy atom. The Balaban J connectivity index is 2.12. The predicted molar refractivity (Wildman–Crippen MR) is 50.4 cm³/mol. The molecule has 1 saturated carbocycles. The second-order valence-corrected chi connectivity index (χ2v) is 4.75. The van der Waals surface area contributed by atoms with Crippen molar-refractivity contribution in [2.75, 3.05) is 0 Å². The van der Waals surface area contributed by atoms with Crippen LogP contribution in [0.3, 0.4) is 0 Å². The summed E-state index contributed by atoms with van der Waals surface area (Å²) in [4.78, 5) is 0. The first-order valence-corrected chi connectivity index (χ1v) is 5.23. The summed E-state index contributed by atoms with van der Waals surface area (Å²) >= 11 is 0. The molecule has 3 rings (SSSR count). The molecule has 2 N–H and O–H groups in total. The molecule has 0 unspecified atom stereocenters. The van der Waals surface area contributed by atoms with Gasteiger partial charge in [0.1, 0.15) is 0 Å². The molecular formula is C10H20N2. The number of fused-ring (bicyclic) bond motifs is 3. The van der Waals surface area contributed by atoms with Crippen molar-refractivity contribution in [2.24, 2.45) is 17.7 Å². The Morgan fingerprint density at radius 2 is 1.75 bits per heavy atom. The molecular weight excluding hydrogens is 148 g/mol. The molecule has 3 fully saturated rings. The first kappa shape index (κ1) is 8.52. The zero-order chi connectivity index (χ0) is 8.72. The van der Waals surface area contributed by atoms with Gasteiger partial charge in [0.15, 0.2) is 0 Å². The molecule has 2 heteroatoms. The molecule has 1 atom stereocenters. The van der Waals surface area contributed by atoms with Gasteiger partial charge in [-0.2, -0.15) is 0 Å². The van der Waals surface area contributed by atoms with Crippen LogP contribution >= 0.6 is 0 Å². The standard InChI is InChI=1S/C10H20N2/c1-7(2)10-8-3-5-9(6-4-8)12(10)11/h7-10H,3-6,11H2,1-2H3/t8?,9?,10-/m1/s1. The molecule has 0 aromatic carbocycles. The lowest BCUT2D eigenvalue weighted by molar-refractivity contribution is -0.0348. The van der Waals surface area contributed by atoms with Crippen LogP contribution in [0, 0.1) is 11.8 Å². The average molecular weight is 168 g/mol. The van der Waals surface area contributed by atoms with E-state index in [2.05, 4.69) is 18.9 Å². The maximum atomic E-state index is 6.10. The molecule has 2 nitrogen and oxygen atoms in total. The number of piperidine rings is 2. The average Bonchev–Trinajstić information content (AvgIpc) is 2.05. The Bertz CT molecular complexity index is 157. The van der Waals surface area contributed by atoms with Crippen LogP contribution in [0.5, 0.6) is 0 Å². The highest BCUT2D eigenvalue weighted by Gasteiger charge is 2.41. The smallest absolute Gasteiger partial charge is 0.0295 e. The van der Waals surface area contributed by atoms with E-state index in [0.717, 1.165) is 11.8 Å². The molecule has 3 aliphatic rings. The minimum Gasteiger partial charge on any atom is -0.268 e. The molecule has 70 valence electrons. The monoisotopic (exact) mass is 168 g/mol. The molecule has 0 amide bonds. The summed E-state index contributed by atoms with van der Waals surface area (Å²) < 4.78 is 0. The molecule has 2 bridgehead atoms. The number of hydrazine groups is 1. The van der Waals surface area contributed by atoms with Crippen molar-refractivity contribution >= 4 is 0 Å². The number of rotatable bonds is 1. The zero-order valence-electron chi connectivity index (χ0n) is 8.16. The van der Waals surface area contributed by atoms with Crippen molar-refractivity contribution in [2.45, 2.75) is 51.6 Å². The van der Waals surface area contributed by atoms with E-state index in [-0.39, 0.29) is 0 Å². The van der Waals surface area contributed by atoms with E-state index in [1.165, 1.54) is 25.7 Å². The summed E-state index contributed by atoms with van der Waals surface area (Å²) in [7, 11) is 0. The second-order valence-electron chi connectivity index (χ2n) is 4.75. The fourth-order valence-corrected chi connectivity index (χ4v) is 3.12. The highest BCUT2D eigenvalue weighted by Crippen LogP contribution is 2.40. The van der Waals surface area contributed by atoms with Gasteiger partial charge in [0, 0.05) is 12.1 Å². The van der Waals surface area contributed by atoms with Gasteiger partial charge in [0.2, 0.25) is 0 Å². The van der Waals surface area contributed by atoms with Crippen molar-refractivity contribution < 1.29 is 0 Å². The zero-order valence-corrected chi connectivity index (χ0v) is 8.16. The lowest BCUT2D eigenvalue weighted by Crippen LogP contribution is -2.60. The number of hydrogen-bond acceptors (Lipinski definition) is 2. The third kappa shape index (κ3) is 1.17. The Morgan fingerprint density at radius 1 is 1.17 bits per heavy atom. The minimum absolute atomic E-state index is 0.664. The van der Waals surface area contributed by atoms with E-state index in [4.69, 9.17) is 5.84 Å². The molecule has 2 aliphatic heterocycles. The summed E-state index contributed by atoms with van der Waals surface area (Å²) in [6, 6.07) is 1.36. The van der Waals surface area contributed by atoms with Crippen LogP contribution in [0.2, 0.25) is 0 Å². The topological polar surface area (TPSA) is 29.3 Å². The SMILES string of the molecule is CC(C)[C@@H]1C2CCC(CC2)N1N. The van der Waals surface area contributed by atoms with Gasteiger partial charge in [0.25, 0.3) is 0 Å². The van der Waals surface area contributed by atoms with Gasteiger partial charge < -0.3 is 0 Å². The Kier molecular flexibility index (Phi) is 2.13. The van der Waals surface area contributed by atoms with Crippen molar-refractivity contribution in [3.8, 4) is 0 Å². The van der Waals surface area contributed by atoms with Gasteiger partial charge in [-0.15, -0.1) is 0 Å². The van der Waals surface area contributed by atoms with Crippen LogP contribution in [0.25, 0.3) is 0 Å². The van der Waals surface area contributed by atoms with E-state index in [1.807, 2.05) is 0 Å². The van der Waals surface area contributed by atoms with E-state index in [1.54, 1.807) is 0 Å². The van der Waals surface area contributed by atoms with Gasteiger partial charge in [-0.3, -0.25) is 5.84 Å². The molecule has 2 heterocycles. The van der Waals surface area contributed by atoms with Gasteiger partial charge in [-0.1, -0.05) is 13.8 Å². The third-order valence-electron chi connectivity index (χ3n) is 3.67. The summed E-state index contributed by atoms with van der Waals surface area (Å²) in [6.45, 7) is 4.59. The van der Waals surface area contributed by atoms with E-state index < -0.39 is 0 Å². The first-order valence-electron chi connectivity index (χ1n) is 5.23. The van der Waals surface area contributed by atoms with Gasteiger partial charge in [0.05, 0.1) is 0 Å². The fourth-order valence-electron chi connectivity index (χ4n) is 3.12. The molecule has 12 heavy (non-hydrogen) atoms. The van der Waals surface area contributed by atoms with Gasteiger partial charge >= 0.3 is 0 Å². The highest BCUT2D eigenvalue weighted by atomic mass is 15.4. The van der Waals surface area contributed by atoms with E-state index in [9.17, 15) is 0 Å². The largest absolute Gasteiger partial charge is 0.268 e. The van der Waals surface area contributed by atoms with Crippen molar-refractivity contribution in [1.82, 2.24) is 5.01 Å². The summed E-state index contributed by atoms with van der Waals surface area (Å²) in [5, 5.41) is 2.16. The second kappa shape index (κ2) is 3.00. The number of nitrogens with two attached hydrogens (primary N) is 1. The quantitative estimate of drug-likeness (QED) is 0.604. The van der Waals surface area contributed by atoms with Crippen LogP contribution in [0.4, 0.5) is 0 Å². The van der Waals surface area contributed by atoms with Crippen LogP contribution in [0.15, 0.2) is 0 Å². The normalized spacial score (nSPS) is 42.5. The van der Waals surface area contributed by atoms with Crippen LogP contribution < -0.4 is 5.84 Å². The lowest BCUT2D eigenvalue weighted by atomic mass is 9.72. The summed E-state index contributed by atoms with van der Waals surface area (Å²) in [5.41, 5.74) is 0. The predicted octanol–water partition coefficient (Wildman–Crippen LogP) is 1.76. The number of nitrogens with zero attached hydrogens (tertiary/aromatic N) is 1. The van der Waals surface area contributed by atoms with Crippen molar-refractivity contribution in [3.63, 3.8) is 0 Å². The lowest BCUT2D eigenvalue weighted by Gasteiger charge is -2.51. The van der Waals surface area contributed by atoms with Crippen molar-refractivity contribution in [1.29, 1.82) is 0 Å².